The van der Waals surface area contributed by atoms with Gasteiger partial charge in [-0.05, 0) is 38.4 Å². The number of nitrogens with one attached hydrogen (secondary N) is 1. The molecule has 2 aliphatic heterocycles. The van der Waals surface area contributed by atoms with E-state index in [1.807, 2.05) is 12.1 Å². The highest BCUT2D eigenvalue weighted by Crippen LogP contribution is 2.13. The van der Waals surface area contributed by atoms with Crippen molar-refractivity contribution < 1.29 is 9.53 Å². The van der Waals surface area contributed by atoms with E-state index in [1.54, 1.807) is 6.20 Å². The molecule has 0 spiro atoms. The summed E-state index contributed by atoms with van der Waals surface area (Å²) in [7, 11) is 0. The Hall–Kier alpha value is -1.95. The zero-order valence-corrected chi connectivity index (χ0v) is 13.5. The SMILES string of the molecule is O=C1CCC(c2ccc(OCCCN3CCCCC3)nc2)=NN1. The Balaban J connectivity index is 1.41. The highest BCUT2D eigenvalue weighted by molar-refractivity contribution is 6.03. The lowest BCUT2D eigenvalue weighted by molar-refractivity contribution is -0.121. The minimum absolute atomic E-state index is 0.0321. The van der Waals surface area contributed by atoms with Crippen molar-refractivity contribution in [3.8, 4) is 5.88 Å². The molecule has 0 bridgehead atoms. The Labute approximate surface area is 136 Å². The fourth-order valence-electron chi connectivity index (χ4n) is 2.97. The minimum Gasteiger partial charge on any atom is -0.478 e. The van der Waals surface area contributed by atoms with Crippen LogP contribution in [0.3, 0.4) is 0 Å². The maximum absolute atomic E-state index is 11.1. The first-order chi connectivity index (χ1) is 11.3. The molecule has 0 radical (unpaired) electrons. The van der Waals surface area contributed by atoms with Crippen molar-refractivity contribution in [1.82, 2.24) is 15.3 Å². The Morgan fingerprint density at radius 2 is 2.04 bits per heavy atom. The molecule has 0 aliphatic carbocycles. The third-order valence-electron chi connectivity index (χ3n) is 4.29. The van der Waals surface area contributed by atoms with E-state index in [9.17, 15) is 4.79 Å². The second kappa shape index (κ2) is 8.06. The van der Waals surface area contributed by atoms with Gasteiger partial charge in [0.05, 0.1) is 12.3 Å². The smallest absolute Gasteiger partial charge is 0.240 e. The van der Waals surface area contributed by atoms with E-state index in [2.05, 4.69) is 20.4 Å². The number of aromatic nitrogens is 1. The number of piperidine rings is 1. The van der Waals surface area contributed by atoms with Gasteiger partial charge in [-0.3, -0.25) is 4.79 Å². The number of hydrogen-bond acceptors (Lipinski definition) is 5. The Morgan fingerprint density at radius 1 is 1.17 bits per heavy atom. The standard InChI is InChI=1S/C17H24N4O2/c22-16-7-6-15(19-20-16)14-5-8-17(18-13-14)23-12-4-11-21-9-2-1-3-10-21/h5,8,13H,1-4,6-7,9-12H2,(H,20,22). The quantitative estimate of drug-likeness (QED) is 0.815. The molecular formula is C17H24N4O2. The summed E-state index contributed by atoms with van der Waals surface area (Å²) in [6.07, 6.45) is 7.95. The Bertz CT molecular complexity index is 550. The van der Waals surface area contributed by atoms with Gasteiger partial charge in [0.2, 0.25) is 11.8 Å². The summed E-state index contributed by atoms with van der Waals surface area (Å²) in [5.74, 6) is 0.614. The Kier molecular flexibility index (Phi) is 5.58. The molecule has 1 amide bonds. The molecule has 0 unspecified atom stereocenters. The fourth-order valence-corrected chi connectivity index (χ4v) is 2.97. The van der Waals surface area contributed by atoms with Crippen molar-refractivity contribution >= 4 is 11.6 Å². The third kappa shape index (κ3) is 4.76. The second-order valence-electron chi connectivity index (χ2n) is 6.08. The van der Waals surface area contributed by atoms with E-state index >= 15 is 0 Å². The van der Waals surface area contributed by atoms with Crippen LogP contribution in [0.25, 0.3) is 0 Å². The van der Waals surface area contributed by atoms with Crippen LogP contribution in [0.4, 0.5) is 0 Å². The van der Waals surface area contributed by atoms with E-state index in [1.165, 1.54) is 32.4 Å². The summed E-state index contributed by atoms with van der Waals surface area (Å²) < 4.78 is 5.71. The molecule has 3 rings (SSSR count). The first-order valence-electron chi connectivity index (χ1n) is 8.48. The average Bonchev–Trinajstić information content (AvgIpc) is 2.61. The average molecular weight is 316 g/mol. The fraction of sp³-hybridized carbons (Fsp3) is 0.588. The van der Waals surface area contributed by atoms with Gasteiger partial charge in [-0.2, -0.15) is 5.10 Å². The topological polar surface area (TPSA) is 66.8 Å². The van der Waals surface area contributed by atoms with Crippen LogP contribution in [0.2, 0.25) is 0 Å². The van der Waals surface area contributed by atoms with Crippen LogP contribution in [-0.2, 0) is 4.79 Å². The zero-order valence-electron chi connectivity index (χ0n) is 13.5. The van der Waals surface area contributed by atoms with Crippen LogP contribution in [0.5, 0.6) is 5.88 Å². The molecule has 6 nitrogen and oxygen atoms in total. The van der Waals surface area contributed by atoms with Crippen LogP contribution in [0.1, 0.15) is 44.1 Å². The molecule has 1 saturated heterocycles. The van der Waals surface area contributed by atoms with Gasteiger partial charge in [-0.15, -0.1) is 0 Å². The van der Waals surface area contributed by atoms with E-state index < -0.39 is 0 Å². The largest absolute Gasteiger partial charge is 0.478 e. The summed E-state index contributed by atoms with van der Waals surface area (Å²) in [6, 6.07) is 3.82. The lowest BCUT2D eigenvalue weighted by Gasteiger charge is -2.26. The number of nitrogens with zero attached hydrogens (tertiary/aromatic N) is 3. The van der Waals surface area contributed by atoms with Crippen molar-refractivity contribution in [3.05, 3.63) is 23.9 Å². The molecular weight excluding hydrogens is 292 g/mol. The van der Waals surface area contributed by atoms with Gasteiger partial charge in [0.1, 0.15) is 0 Å². The zero-order chi connectivity index (χ0) is 15.9. The minimum atomic E-state index is -0.0321. The lowest BCUT2D eigenvalue weighted by Crippen LogP contribution is -2.31. The van der Waals surface area contributed by atoms with E-state index in [-0.39, 0.29) is 5.91 Å². The number of ether oxygens (including phenoxy) is 1. The van der Waals surface area contributed by atoms with Gasteiger partial charge in [-0.25, -0.2) is 10.4 Å². The van der Waals surface area contributed by atoms with E-state index in [0.717, 1.165) is 24.2 Å². The van der Waals surface area contributed by atoms with Crippen LogP contribution >= 0.6 is 0 Å². The second-order valence-corrected chi connectivity index (χ2v) is 6.08. The number of likely N-dealkylation sites (tertiary alicyclic amines) is 1. The van der Waals surface area contributed by atoms with Crippen molar-refractivity contribution in [3.63, 3.8) is 0 Å². The number of hydrazone groups is 1. The van der Waals surface area contributed by atoms with E-state index in [4.69, 9.17) is 4.74 Å². The maximum atomic E-state index is 11.1. The Morgan fingerprint density at radius 3 is 2.74 bits per heavy atom. The van der Waals surface area contributed by atoms with Gasteiger partial charge >= 0.3 is 0 Å². The monoisotopic (exact) mass is 316 g/mol. The summed E-state index contributed by atoms with van der Waals surface area (Å²) >= 11 is 0. The molecule has 124 valence electrons. The van der Waals surface area contributed by atoms with Gasteiger partial charge in [0, 0.05) is 37.2 Å². The summed E-state index contributed by atoms with van der Waals surface area (Å²) in [4.78, 5) is 17.9. The van der Waals surface area contributed by atoms with Gasteiger partial charge in [0.15, 0.2) is 0 Å². The maximum Gasteiger partial charge on any atom is 0.240 e. The first-order valence-corrected chi connectivity index (χ1v) is 8.48. The number of hydrogen-bond donors (Lipinski definition) is 1. The number of carbonyl (C=O) groups is 1. The van der Waals surface area contributed by atoms with Gasteiger partial charge in [-0.1, -0.05) is 6.42 Å². The van der Waals surface area contributed by atoms with Crippen molar-refractivity contribution in [1.29, 1.82) is 0 Å². The first kappa shape index (κ1) is 15.9. The molecule has 3 heterocycles. The van der Waals surface area contributed by atoms with Gasteiger partial charge < -0.3 is 9.64 Å². The van der Waals surface area contributed by atoms with E-state index in [0.29, 0.717) is 25.3 Å². The van der Waals surface area contributed by atoms with Crippen LogP contribution in [0.15, 0.2) is 23.4 Å². The molecule has 1 N–H and O–H groups in total. The molecule has 0 aromatic carbocycles. The molecule has 1 aromatic rings. The van der Waals surface area contributed by atoms with Gasteiger partial charge in [0.25, 0.3) is 0 Å². The van der Waals surface area contributed by atoms with Crippen LogP contribution in [0, 0.1) is 0 Å². The molecule has 2 aliphatic rings. The summed E-state index contributed by atoms with van der Waals surface area (Å²) in [5, 5.41) is 4.07. The molecule has 0 atom stereocenters. The number of carbonyl (C=O) groups excluding carboxylic acids is 1. The molecule has 23 heavy (non-hydrogen) atoms. The number of pyridine rings is 1. The highest BCUT2D eigenvalue weighted by atomic mass is 16.5. The summed E-state index contributed by atoms with van der Waals surface area (Å²) in [5.41, 5.74) is 4.31. The predicted molar refractivity (Wildman–Crippen MR) is 88.6 cm³/mol. The number of amides is 1. The molecule has 1 aromatic heterocycles. The normalized spacial score (nSPS) is 19.1. The highest BCUT2D eigenvalue weighted by Gasteiger charge is 2.13. The molecule has 1 fully saturated rings. The van der Waals surface area contributed by atoms with Crippen molar-refractivity contribution in [2.45, 2.75) is 38.5 Å². The van der Waals surface area contributed by atoms with Crippen LogP contribution in [-0.4, -0.2) is 47.7 Å². The molecule has 6 heteroatoms. The predicted octanol–water partition coefficient (Wildman–Crippen LogP) is 1.95. The lowest BCUT2D eigenvalue weighted by atomic mass is 10.1. The van der Waals surface area contributed by atoms with Crippen molar-refractivity contribution in [2.75, 3.05) is 26.2 Å². The van der Waals surface area contributed by atoms with Crippen LogP contribution < -0.4 is 10.2 Å². The summed E-state index contributed by atoms with van der Waals surface area (Å²) in [6.45, 7) is 4.26. The third-order valence-corrected chi connectivity index (χ3v) is 4.29. The van der Waals surface area contributed by atoms with Crippen molar-refractivity contribution in [2.24, 2.45) is 5.10 Å². The number of rotatable bonds is 6. The molecule has 0 saturated carbocycles.